The number of hydrogen-bond acceptors (Lipinski definition) is 4. The molecule has 4 atom stereocenters. The summed E-state index contributed by atoms with van der Waals surface area (Å²) in [6, 6.07) is 0. The van der Waals surface area contributed by atoms with Crippen LogP contribution in [0, 0.1) is 0 Å². The summed E-state index contributed by atoms with van der Waals surface area (Å²) in [5.41, 5.74) is 0. The highest BCUT2D eigenvalue weighted by molar-refractivity contribution is 5.66. The van der Waals surface area contributed by atoms with Gasteiger partial charge in [-0.1, -0.05) is 12.2 Å². The smallest absolute Gasteiger partial charge is 0.303 e. The first-order chi connectivity index (χ1) is 6.60. The van der Waals surface area contributed by atoms with E-state index in [0.29, 0.717) is 0 Å². The van der Waals surface area contributed by atoms with Gasteiger partial charge >= 0.3 is 5.97 Å². The molecule has 0 amide bonds. The molecule has 1 aliphatic heterocycles. The highest BCUT2D eigenvalue weighted by atomic mass is 16.6. The fourth-order valence-corrected chi connectivity index (χ4v) is 1.43. The number of hydrogen-bond donors (Lipinski definition) is 1. The number of esters is 1. The summed E-state index contributed by atoms with van der Waals surface area (Å²) < 4.78 is 10.2. The lowest BCUT2D eigenvalue weighted by Gasteiger charge is -2.17. The van der Waals surface area contributed by atoms with Crippen LogP contribution in [0.15, 0.2) is 25.3 Å². The van der Waals surface area contributed by atoms with Gasteiger partial charge in [0.2, 0.25) is 0 Å². The number of aliphatic hydroxyl groups excluding tert-OH is 1. The van der Waals surface area contributed by atoms with E-state index in [9.17, 15) is 9.90 Å². The van der Waals surface area contributed by atoms with Crippen molar-refractivity contribution in [3.05, 3.63) is 25.3 Å². The third-order valence-corrected chi connectivity index (χ3v) is 2.08. The first-order valence-corrected chi connectivity index (χ1v) is 4.36. The van der Waals surface area contributed by atoms with Gasteiger partial charge in [-0.3, -0.25) is 4.79 Å². The molecule has 0 aromatic rings. The van der Waals surface area contributed by atoms with Gasteiger partial charge in [0.15, 0.2) is 6.10 Å². The van der Waals surface area contributed by atoms with E-state index < -0.39 is 30.4 Å². The summed E-state index contributed by atoms with van der Waals surface area (Å²) in [7, 11) is 0. The number of aliphatic hydroxyl groups is 1. The molecular weight excluding hydrogens is 184 g/mol. The Morgan fingerprint density at radius 2 is 2.00 bits per heavy atom. The van der Waals surface area contributed by atoms with E-state index in [4.69, 9.17) is 9.47 Å². The molecule has 0 aliphatic carbocycles. The fourth-order valence-electron chi connectivity index (χ4n) is 1.43. The molecule has 1 rings (SSSR count). The van der Waals surface area contributed by atoms with Crippen molar-refractivity contribution in [3.63, 3.8) is 0 Å². The number of rotatable bonds is 3. The van der Waals surface area contributed by atoms with E-state index >= 15 is 0 Å². The van der Waals surface area contributed by atoms with Crippen LogP contribution in [0.25, 0.3) is 0 Å². The summed E-state index contributed by atoms with van der Waals surface area (Å²) in [6.45, 7) is 8.34. The predicted octanol–water partition coefficient (Wildman–Crippen LogP) is 0.418. The molecule has 1 saturated heterocycles. The van der Waals surface area contributed by atoms with Crippen LogP contribution in [0.2, 0.25) is 0 Å². The minimum Gasteiger partial charge on any atom is -0.457 e. The molecule has 0 bridgehead atoms. The predicted molar refractivity (Wildman–Crippen MR) is 50.6 cm³/mol. The Bertz CT molecular complexity index is 249. The molecule has 78 valence electrons. The van der Waals surface area contributed by atoms with E-state index in [0.717, 1.165) is 0 Å². The number of carbonyl (C=O) groups is 1. The second-order valence-corrected chi connectivity index (χ2v) is 3.10. The van der Waals surface area contributed by atoms with Gasteiger partial charge in [0.25, 0.3) is 0 Å². The lowest BCUT2D eigenvalue weighted by atomic mass is 10.1. The molecule has 1 fully saturated rings. The van der Waals surface area contributed by atoms with Gasteiger partial charge in [-0.25, -0.2) is 0 Å². The van der Waals surface area contributed by atoms with Crippen molar-refractivity contribution < 1.29 is 19.4 Å². The van der Waals surface area contributed by atoms with E-state index in [-0.39, 0.29) is 0 Å². The van der Waals surface area contributed by atoms with Crippen molar-refractivity contribution in [3.8, 4) is 0 Å². The summed E-state index contributed by atoms with van der Waals surface area (Å²) in [5.74, 6) is -0.450. The van der Waals surface area contributed by atoms with Crippen LogP contribution in [-0.2, 0) is 14.3 Å². The first-order valence-electron chi connectivity index (χ1n) is 4.36. The molecule has 0 spiro atoms. The van der Waals surface area contributed by atoms with E-state index in [1.54, 1.807) is 0 Å². The topological polar surface area (TPSA) is 55.8 Å². The molecule has 0 unspecified atom stereocenters. The Labute approximate surface area is 82.8 Å². The Morgan fingerprint density at radius 3 is 2.43 bits per heavy atom. The van der Waals surface area contributed by atoms with Gasteiger partial charge in [-0.2, -0.15) is 0 Å². The van der Waals surface area contributed by atoms with Gasteiger partial charge in [0, 0.05) is 6.92 Å². The third-order valence-electron chi connectivity index (χ3n) is 2.08. The second kappa shape index (κ2) is 4.39. The zero-order valence-corrected chi connectivity index (χ0v) is 8.05. The molecule has 1 N–H and O–H groups in total. The van der Waals surface area contributed by atoms with Crippen LogP contribution >= 0.6 is 0 Å². The molecule has 4 heteroatoms. The van der Waals surface area contributed by atoms with Crippen LogP contribution in [0.4, 0.5) is 0 Å². The van der Waals surface area contributed by atoms with Crippen molar-refractivity contribution in [1.82, 2.24) is 0 Å². The van der Waals surface area contributed by atoms with Crippen LogP contribution < -0.4 is 0 Å². The molecule has 4 nitrogen and oxygen atoms in total. The molecular formula is C10H14O4. The molecule has 1 heterocycles. The molecule has 0 saturated carbocycles. The minimum atomic E-state index is -0.876. The molecule has 0 radical (unpaired) electrons. The molecule has 14 heavy (non-hydrogen) atoms. The van der Waals surface area contributed by atoms with E-state index in [1.165, 1.54) is 19.1 Å². The van der Waals surface area contributed by atoms with E-state index in [1.807, 2.05) is 0 Å². The molecule has 0 aromatic carbocycles. The van der Waals surface area contributed by atoms with Gasteiger partial charge in [0.1, 0.15) is 18.3 Å². The summed E-state index contributed by atoms with van der Waals surface area (Å²) >= 11 is 0. The van der Waals surface area contributed by atoms with Crippen molar-refractivity contribution in [1.29, 1.82) is 0 Å². The van der Waals surface area contributed by atoms with Crippen molar-refractivity contribution >= 4 is 5.97 Å². The summed E-state index contributed by atoms with van der Waals surface area (Å²) in [5, 5.41) is 9.68. The SMILES string of the molecule is C=C[C@@H]1O[C@H](C=C)[C@H](O)[C@@H]1OC(C)=O. The van der Waals surface area contributed by atoms with Gasteiger partial charge in [-0.15, -0.1) is 13.2 Å². The molecule has 0 aromatic heterocycles. The zero-order valence-electron chi connectivity index (χ0n) is 8.05. The van der Waals surface area contributed by atoms with Crippen molar-refractivity contribution in [2.24, 2.45) is 0 Å². The first kappa shape index (κ1) is 10.9. The highest BCUT2D eigenvalue weighted by Gasteiger charge is 2.42. The summed E-state index contributed by atoms with van der Waals surface area (Å²) in [4.78, 5) is 10.8. The largest absolute Gasteiger partial charge is 0.457 e. The fraction of sp³-hybridized carbons (Fsp3) is 0.500. The van der Waals surface area contributed by atoms with Crippen LogP contribution in [0.1, 0.15) is 6.92 Å². The van der Waals surface area contributed by atoms with Crippen LogP contribution in [0.3, 0.4) is 0 Å². The van der Waals surface area contributed by atoms with Crippen molar-refractivity contribution in [2.75, 3.05) is 0 Å². The normalized spacial score (nSPS) is 36.4. The Morgan fingerprint density at radius 1 is 1.43 bits per heavy atom. The quantitative estimate of drug-likeness (QED) is 0.527. The number of carbonyl (C=O) groups excluding carboxylic acids is 1. The zero-order chi connectivity index (χ0) is 10.7. The van der Waals surface area contributed by atoms with E-state index in [2.05, 4.69) is 13.2 Å². The van der Waals surface area contributed by atoms with Gasteiger partial charge in [0.05, 0.1) is 0 Å². The lowest BCUT2D eigenvalue weighted by Crippen LogP contribution is -2.35. The lowest BCUT2D eigenvalue weighted by molar-refractivity contribution is -0.151. The van der Waals surface area contributed by atoms with Gasteiger partial charge in [-0.05, 0) is 0 Å². The maximum Gasteiger partial charge on any atom is 0.303 e. The van der Waals surface area contributed by atoms with Crippen LogP contribution in [-0.4, -0.2) is 35.5 Å². The highest BCUT2D eigenvalue weighted by Crippen LogP contribution is 2.25. The second-order valence-electron chi connectivity index (χ2n) is 3.10. The summed E-state index contributed by atoms with van der Waals surface area (Å²) in [6.07, 6.45) is 0.428. The maximum atomic E-state index is 10.8. The van der Waals surface area contributed by atoms with Crippen LogP contribution in [0.5, 0.6) is 0 Å². The average molecular weight is 198 g/mol. The standard InChI is InChI=1S/C10H14O4/c1-4-7-9(12)10(13-6(3)11)8(5-2)14-7/h4-5,7-10,12H,1-2H2,3H3/t7-,8+,9+,10-/m1/s1. The Hall–Kier alpha value is -1.13. The minimum absolute atomic E-state index is 0.450. The number of ether oxygens (including phenoxy) is 2. The average Bonchev–Trinajstić information content (AvgIpc) is 2.43. The Balaban J connectivity index is 2.74. The van der Waals surface area contributed by atoms with Gasteiger partial charge < -0.3 is 14.6 Å². The maximum absolute atomic E-state index is 10.8. The monoisotopic (exact) mass is 198 g/mol. The Kier molecular flexibility index (Phi) is 3.43. The van der Waals surface area contributed by atoms with Crippen molar-refractivity contribution in [2.45, 2.75) is 31.3 Å². The third kappa shape index (κ3) is 2.02. The molecule has 1 aliphatic rings.